The van der Waals surface area contributed by atoms with Crippen molar-refractivity contribution in [3.05, 3.63) is 47.8 Å². The molecule has 22 heavy (non-hydrogen) atoms. The Labute approximate surface area is 128 Å². The van der Waals surface area contributed by atoms with Gasteiger partial charge < -0.3 is 10.1 Å². The molecule has 1 amide bonds. The first kappa shape index (κ1) is 13.3. The molecule has 4 rings (SSSR count). The Kier molecular flexibility index (Phi) is 3.11. The highest BCUT2D eigenvalue weighted by Crippen LogP contribution is 2.35. The van der Waals surface area contributed by atoms with Crippen LogP contribution in [0.2, 0.25) is 0 Å². The number of rotatable bonds is 2. The summed E-state index contributed by atoms with van der Waals surface area (Å²) in [5.74, 6) is 0. The molecule has 1 aromatic carbocycles. The van der Waals surface area contributed by atoms with E-state index < -0.39 is 0 Å². The zero-order valence-electron chi connectivity index (χ0n) is 12.4. The van der Waals surface area contributed by atoms with Crippen molar-refractivity contribution in [2.45, 2.75) is 32.1 Å². The number of aromatic nitrogens is 2. The number of cyclic esters (lactones) is 1. The normalized spacial score (nSPS) is 24.2. The average molecular weight is 298 g/mol. The van der Waals surface area contributed by atoms with Crippen molar-refractivity contribution in [3.8, 4) is 0 Å². The van der Waals surface area contributed by atoms with E-state index in [1.54, 1.807) is 11.1 Å². The lowest BCUT2D eigenvalue weighted by Crippen LogP contribution is -2.38. The molecule has 2 atom stereocenters. The molecular formula is C16H18N4O2. The van der Waals surface area contributed by atoms with E-state index in [4.69, 9.17) is 4.74 Å². The molecular weight excluding hydrogens is 280 g/mol. The number of benzene rings is 1. The zero-order chi connectivity index (χ0) is 15.1. The maximum Gasteiger partial charge on any atom is 0.415 e. The molecule has 0 saturated carbocycles. The summed E-state index contributed by atoms with van der Waals surface area (Å²) in [6, 6.07) is 10.3. The third kappa shape index (κ3) is 2.07. The molecule has 0 bridgehead atoms. The lowest BCUT2D eigenvalue weighted by Gasteiger charge is -2.26. The van der Waals surface area contributed by atoms with Crippen LogP contribution in [0, 0.1) is 0 Å². The second kappa shape index (κ2) is 5.14. The van der Waals surface area contributed by atoms with Crippen LogP contribution in [0.4, 0.5) is 10.5 Å². The maximum atomic E-state index is 12.3. The van der Waals surface area contributed by atoms with Crippen LogP contribution in [-0.4, -0.2) is 28.5 Å². The summed E-state index contributed by atoms with van der Waals surface area (Å²) < 4.78 is 7.27. The highest BCUT2D eigenvalue weighted by molar-refractivity contribution is 5.91. The van der Waals surface area contributed by atoms with Gasteiger partial charge in [0.05, 0.1) is 30.2 Å². The Morgan fingerprint density at radius 2 is 2.14 bits per heavy atom. The van der Waals surface area contributed by atoms with Gasteiger partial charge in [0, 0.05) is 12.6 Å². The molecule has 114 valence electrons. The molecule has 0 aliphatic carbocycles. The van der Waals surface area contributed by atoms with Crippen molar-refractivity contribution < 1.29 is 9.53 Å². The fraction of sp³-hybridized carbons (Fsp3) is 0.375. The van der Waals surface area contributed by atoms with Crippen LogP contribution in [0.15, 0.2) is 36.5 Å². The maximum absolute atomic E-state index is 12.3. The monoisotopic (exact) mass is 298 g/mol. The molecule has 0 radical (unpaired) electrons. The largest absolute Gasteiger partial charge is 0.447 e. The van der Waals surface area contributed by atoms with E-state index >= 15 is 0 Å². The van der Waals surface area contributed by atoms with E-state index in [1.807, 2.05) is 35.0 Å². The summed E-state index contributed by atoms with van der Waals surface area (Å²) in [6.07, 6.45) is 1.47. The van der Waals surface area contributed by atoms with Gasteiger partial charge in [-0.3, -0.25) is 9.58 Å². The molecule has 1 saturated heterocycles. The number of fused-ring (bicyclic) bond motifs is 1. The van der Waals surface area contributed by atoms with Crippen LogP contribution < -0.4 is 10.2 Å². The van der Waals surface area contributed by atoms with Crippen LogP contribution in [0.3, 0.4) is 0 Å². The molecule has 3 heterocycles. The lowest BCUT2D eigenvalue weighted by molar-refractivity contribution is 0.179. The standard InChI is InChI=1S/C16H18N4O2/c1-11-9-19-13(7-17-11)14(8-18-19)20-15(10-22-16(20)21)12-5-3-2-4-6-12/h2-6,8,11,15,17H,7,9-10H2,1H3/t11-,15+/m1/s1. The van der Waals surface area contributed by atoms with Gasteiger partial charge in [-0.2, -0.15) is 5.10 Å². The van der Waals surface area contributed by atoms with Crippen LogP contribution in [0.25, 0.3) is 0 Å². The summed E-state index contributed by atoms with van der Waals surface area (Å²) in [5.41, 5.74) is 2.96. The van der Waals surface area contributed by atoms with Crippen LogP contribution in [-0.2, 0) is 17.8 Å². The van der Waals surface area contributed by atoms with Crippen molar-refractivity contribution in [3.63, 3.8) is 0 Å². The number of hydrogen-bond acceptors (Lipinski definition) is 4. The van der Waals surface area contributed by atoms with Gasteiger partial charge in [-0.25, -0.2) is 4.79 Å². The van der Waals surface area contributed by atoms with Gasteiger partial charge in [-0.15, -0.1) is 0 Å². The van der Waals surface area contributed by atoms with Crippen LogP contribution in [0.1, 0.15) is 24.2 Å². The highest BCUT2D eigenvalue weighted by Gasteiger charge is 2.38. The van der Waals surface area contributed by atoms with Gasteiger partial charge in [0.2, 0.25) is 0 Å². The minimum atomic E-state index is -0.303. The molecule has 6 heteroatoms. The molecule has 2 aromatic rings. The van der Waals surface area contributed by atoms with Gasteiger partial charge in [0.25, 0.3) is 0 Å². The number of carbonyl (C=O) groups excluding carboxylic acids is 1. The van der Waals surface area contributed by atoms with Crippen molar-refractivity contribution in [2.75, 3.05) is 11.5 Å². The van der Waals surface area contributed by atoms with E-state index in [-0.39, 0.29) is 12.1 Å². The minimum absolute atomic E-state index is 0.0954. The first-order valence-corrected chi connectivity index (χ1v) is 7.53. The predicted octanol–water partition coefficient (Wildman–Crippen LogP) is 2.07. The lowest BCUT2D eigenvalue weighted by atomic mass is 10.1. The molecule has 0 spiro atoms. The Hall–Kier alpha value is -2.34. The highest BCUT2D eigenvalue weighted by atomic mass is 16.6. The molecule has 2 aliphatic rings. The van der Waals surface area contributed by atoms with Gasteiger partial charge in [0.1, 0.15) is 6.61 Å². The predicted molar refractivity (Wildman–Crippen MR) is 81.5 cm³/mol. The summed E-state index contributed by atoms with van der Waals surface area (Å²) in [5, 5.41) is 7.86. The average Bonchev–Trinajstić information content (AvgIpc) is 3.11. The Balaban J connectivity index is 1.73. The first-order valence-electron chi connectivity index (χ1n) is 7.53. The van der Waals surface area contributed by atoms with Crippen LogP contribution in [0.5, 0.6) is 0 Å². The molecule has 2 aliphatic heterocycles. The number of anilines is 1. The number of hydrogen-bond donors (Lipinski definition) is 1. The van der Waals surface area contributed by atoms with Crippen LogP contribution >= 0.6 is 0 Å². The molecule has 1 aromatic heterocycles. The fourth-order valence-electron chi connectivity index (χ4n) is 3.14. The second-order valence-electron chi connectivity index (χ2n) is 5.81. The quantitative estimate of drug-likeness (QED) is 0.922. The van der Waals surface area contributed by atoms with Crippen molar-refractivity contribution in [1.82, 2.24) is 15.1 Å². The first-order chi connectivity index (χ1) is 10.7. The molecule has 1 fully saturated rings. The van der Waals surface area contributed by atoms with E-state index in [0.29, 0.717) is 19.2 Å². The second-order valence-corrected chi connectivity index (χ2v) is 5.81. The Morgan fingerprint density at radius 1 is 1.32 bits per heavy atom. The van der Waals surface area contributed by atoms with Gasteiger partial charge in [0.15, 0.2) is 0 Å². The Bertz CT molecular complexity index is 697. The molecule has 0 unspecified atom stereocenters. The van der Waals surface area contributed by atoms with E-state index in [0.717, 1.165) is 23.5 Å². The fourth-order valence-corrected chi connectivity index (χ4v) is 3.14. The number of amides is 1. The summed E-state index contributed by atoms with van der Waals surface area (Å²) in [6.45, 7) is 4.02. The van der Waals surface area contributed by atoms with Gasteiger partial charge in [-0.1, -0.05) is 30.3 Å². The van der Waals surface area contributed by atoms with Crippen molar-refractivity contribution in [1.29, 1.82) is 0 Å². The summed E-state index contributed by atoms with van der Waals surface area (Å²) in [7, 11) is 0. The van der Waals surface area contributed by atoms with E-state index in [2.05, 4.69) is 17.3 Å². The van der Waals surface area contributed by atoms with Crippen molar-refractivity contribution in [2.24, 2.45) is 0 Å². The van der Waals surface area contributed by atoms with Gasteiger partial charge >= 0.3 is 6.09 Å². The number of nitrogens with zero attached hydrogens (tertiary/aromatic N) is 3. The Morgan fingerprint density at radius 3 is 2.95 bits per heavy atom. The number of ether oxygens (including phenoxy) is 1. The molecule has 1 N–H and O–H groups in total. The summed E-state index contributed by atoms with van der Waals surface area (Å²) >= 11 is 0. The third-order valence-corrected chi connectivity index (χ3v) is 4.31. The van der Waals surface area contributed by atoms with E-state index in [9.17, 15) is 4.79 Å². The minimum Gasteiger partial charge on any atom is -0.447 e. The topological polar surface area (TPSA) is 59.4 Å². The number of nitrogens with one attached hydrogen (secondary N) is 1. The third-order valence-electron chi connectivity index (χ3n) is 4.31. The van der Waals surface area contributed by atoms with Gasteiger partial charge in [-0.05, 0) is 12.5 Å². The van der Waals surface area contributed by atoms with E-state index in [1.165, 1.54) is 0 Å². The van der Waals surface area contributed by atoms with Crippen molar-refractivity contribution >= 4 is 11.8 Å². The summed E-state index contributed by atoms with van der Waals surface area (Å²) in [4.78, 5) is 14.0. The number of carbonyl (C=O) groups is 1. The zero-order valence-corrected chi connectivity index (χ0v) is 12.4. The smallest absolute Gasteiger partial charge is 0.415 e. The SMILES string of the molecule is C[C@@H]1Cn2ncc(N3C(=O)OC[C@H]3c3ccccc3)c2CN1. The molecule has 6 nitrogen and oxygen atoms in total.